The summed E-state index contributed by atoms with van der Waals surface area (Å²) in [5.74, 6) is 0.0894. The van der Waals surface area contributed by atoms with Crippen molar-refractivity contribution in [2.24, 2.45) is 0 Å². The number of hydrogen-bond donors (Lipinski definition) is 2. The van der Waals surface area contributed by atoms with Gasteiger partial charge in [-0.2, -0.15) is 0 Å². The average molecular weight is 438 g/mol. The summed E-state index contributed by atoms with van der Waals surface area (Å²) < 4.78 is 0. The molecule has 3 aromatic heterocycles. The number of nitrogens with one attached hydrogen (secondary N) is 2. The van der Waals surface area contributed by atoms with Gasteiger partial charge in [-0.3, -0.25) is 19.6 Å². The van der Waals surface area contributed by atoms with Crippen molar-refractivity contribution in [1.29, 1.82) is 0 Å². The number of aromatic nitrogens is 3. The molecule has 0 atom stereocenters. The second-order valence-electron chi connectivity index (χ2n) is 7.72. The number of hydrogen-bond acceptors (Lipinski definition) is 5. The summed E-state index contributed by atoms with van der Waals surface area (Å²) in [6.07, 6.45) is 5.00. The number of rotatable bonds is 5. The van der Waals surface area contributed by atoms with Crippen molar-refractivity contribution < 1.29 is 9.59 Å². The quantitative estimate of drug-likeness (QED) is 0.456. The highest BCUT2D eigenvalue weighted by atomic mass is 16.2. The van der Waals surface area contributed by atoms with E-state index in [-0.39, 0.29) is 11.8 Å². The van der Waals surface area contributed by atoms with E-state index in [0.717, 1.165) is 33.6 Å². The van der Waals surface area contributed by atoms with Crippen molar-refractivity contribution in [1.82, 2.24) is 15.0 Å². The van der Waals surface area contributed by atoms with Gasteiger partial charge in [0.2, 0.25) is 5.91 Å². The maximum absolute atomic E-state index is 12.7. The second-order valence-corrected chi connectivity index (χ2v) is 7.72. The first-order valence-electron chi connectivity index (χ1n) is 10.4. The molecule has 0 unspecified atom stereocenters. The summed E-state index contributed by atoms with van der Waals surface area (Å²) in [6, 6.07) is 16.8. The molecule has 4 rings (SSSR count). The topological polar surface area (TPSA) is 96.9 Å². The van der Waals surface area contributed by atoms with Crippen LogP contribution < -0.4 is 10.6 Å². The molecule has 2 amide bonds. The molecule has 0 aliphatic rings. The fraction of sp³-hybridized carbons (Fsp3) is 0.115. The largest absolute Gasteiger partial charge is 0.321 e. The van der Waals surface area contributed by atoms with Crippen molar-refractivity contribution in [3.05, 3.63) is 90.0 Å². The molecule has 0 fully saturated rings. The van der Waals surface area contributed by atoms with Gasteiger partial charge in [0.15, 0.2) is 0 Å². The molecule has 33 heavy (non-hydrogen) atoms. The third kappa shape index (κ3) is 5.27. The fourth-order valence-corrected chi connectivity index (χ4v) is 3.48. The van der Waals surface area contributed by atoms with Crippen LogP contribution in [0.2, 0.25) is 0 Å². The average Bonchev–Trinajstić information content (AvgIpc) is 2.80. The highest BCUT2D eigenvalue weighted by Gasteiger charge is 2.11. The van der Waals surface area contributed by atoms with Gasteiger partial charge in [0.25, 0.3) is 5.91 Å². The maximum atomic E-state index is 12.7. The SMILES string of the molecule is CC(=O)Nc1cc(-c2cc(-c3cc(NC(=O)c4cccc(C)c4)cnc3C)ccn2)ccn1. The lowest BCUT2D eigenvalue weighted by Gasteiger charge is -2.11. The molecule has 164 valence electrons. The molecule has 0 spiro atoms. The molecule has 0 radical (unpaired) electrons. The third-order valence-electron chi connectivity index (χ3n) is 5.06. The lowest BCUT2D eigenvalue weighted by molar-refractivity contribution is -0.114. The van der Waals surface area contributed by atoms with E-state index in [1.807, 2.05) is 56.3 Å². The van der Waals surface area contributed by atoms with E-state index in [1.165, 1.54) is 6.92 Å². The lowest BCUT2D eigenvalue weighted by Crippen LogP contribution is -2.12. The Labute approximate surface area is 192 Å². The van der Waals surface area contributed by atoms with Gasteiger partial charge in [-0.25, -0.2) is 4.98 Å². The molecule has 0 aliphatic carbocycles. The maximum Gasteiger partial charge on any atom is 0.255 e. The minimum absolute atomic E-state index is 0.187. The molecule has 0 aliphatic heterocycles. The van der Waals surface area contributed by atoms with E-state index in [9.17, 15) is 9.59 Å². The number of benzene rings is 1. The third-order valence-corrected chi connectivity index (χ3v) is 5.06. The Kier molecular flexibility index (Phi) is 6.22. The van der Waals surface area contributed by atoms with E-state index in [2.05, 4.69) is 25.6 Å². The first-order valence-corrected chi connectivity index (χ1v) is 10.4. The zero-order chi connectivity index (χ0) is 23.4. The van der Waals surface area contributed by atoms with Gasteiger partial charge in [0.1, 0.15) is 5.82 Å². The van der Waals surface area contributed by atoms with E-state index >= 15 is 0 Å². The van der Waals surface area contributed by atoms with Gasteiger partial charge in [-0.1, -0.05) is 17.7 Å². The molecule has 0 saturated carbocycles. The van der Waals surface area contributed by atoms with E-state index < -0.39 is 0 Å². The van der Waals surface area contributed by atoms with E-state index in [0.29, 0.717) is 17.1 Å². The summed E-state index contributed by atoms with van der Waals surface area (Å²) >= 11 is 0. The van der Waals surface area contributed by atoms with Crippen LogP contribution in [0, 0.1) is 13.8 Å². The lowest BCUT2D eigenvalue weighted by atomic mass is 10.0. The standard InChI is InChI=1S/C26H23N5O2/c1-16-5-4-6-21(11-16)26(33)31-22-14-23(17(2)29-15-22)19-7-9-27-24(12-19)20-8-10-28-25(13-20)30-18(3)32/h4-15H,1-3H3,(H,31,33)(H,28,30,32). The number of pyridine rings is 3. The summed E-state index contributed by atoms with van der Waals surface area (Å²) in [6.45, 7) is 5.31. The molecule has 4 aromatic rings. The Hall–Kier alpha value is -4.39. The number of carbonyl (C=O) groups is 2. The first kappa shape index (κ1) is 21.8. The molecule has 7 nitrogen and oxygen atoms in total. The molecule has 1 aromatic carbocycles. The fourth-order valence-electron chi connectivity index (χ4n) is 3.48. The Balaban J connectivity index is 1.63. The van der Waals surface area contributed by atoms with Gasteiger partial charge in [0.05, 0.1) is 17.6 Å². The van der Waals surface area contributed by atoms with E-state index in [4.69, 9.17) is 0 Å². The van der Waals surface area contributed by atoms with Crippen molar-refractivity contribution in [2.45, 2.75) is 20.8 Å². The number of aryl methyl sites for hydroxylation is 2. The van der Waals surface area contributed by atoms with Crippen LogP contribution in [0.15, 0.2) is 73.2 Å². The molecule has 7 heteroatoms. The van der Waals surface area contributed by atoms with Crippen LogP contribution in [-0.2, 0) is 4.79 Å². The van der Waals surface area contributed by atoms with Crippen LogP contribution in [0.4, 0.5) is 11.5 Å². The molecule has 0 bridgehead atoms. The summed E-state index contributed by atoms with van der Waals surface area (Å²) in [7, 11) is 0. The van der Waals surface area contributed by atoms with Crippen molar-refractivity contribution in [3.63, 3.8) is 0 Å². The van der Waals surface area contributed by atoms with Crippen molar-refractivity contribution in [3.8, 4) is 22.4 Å². The minimum Gasteiger partial charge on any atom is -0.321 e. The highest BCUT2D eigenvalue weighted by molar-refractivity contribution is 6.04. The molecule has 3 heterocycles. The second kappa shape index (κ2) is 9.40. The van der Waals surface area contributed by atoms with Gasteiger partial charge < -0.3 is 10.6 Å². The Morgan fingerprint density at radius 1 is 0.818 bits per heavy atom. The number of amides is 2. The van der Waals surface area contributed by atoms with Crippen LogP contribution in [0.3, 0.4) is 0 Å². The van der Waals surface area contributed by atoms with Gasteiger partial charge in [-0.05, 0) is 61.9 Å². The minimum atomic E-state index is -0.187. The Bertz CT molecular complexity index is 1350. The van der Waals surface area contributed by atoms with Gasteiger partial charge in [0, 0.05) is 41.7 Å². The molecular weight excluding hydrogens is 414 g/mol. The van der Waals surface area contributed by atoms with Gasteiger partial charge in [-0.15, -0.1) is 0 Å². The predicted molar refractivity (Wildman–Crippen MR) is 129 cm³/mol. The van der Waals surface area contributed by atoms with Crippen LogP contribution >= 0.6 is 0 Å². The zero-order valence-electron chi connectivity index (χ0n) is 18.6. The van der Waals surface area contributed by atoms with Crippen LogP contribution in [0.5, 0.6) is 0 Å². The Morgan fingerprint density at radius 3 is 2.39 bits per heavy atom. The molecule has 2 N–H and O–H groups in total. The summed E-state index contributed by atoms with van der Waals surface area (Å²) in [4.78, 5) is 37.1. The van der Waals surface area contributed by atoms with Crippen molar-refractivity contribution >= 4 is 23.3 Å². The van der Waals surface area contributed by atoms with Crippen LogP contribution in [0.1, 0.15) is 28.5 Å². The monoisotopic (exact) mass is 437 g/mol. The molecule has 0 saturated heterocycles. The van der Waals surface area contributed by atoms with Crippen LogP contribution in [0.25, 0.3) is 22.4 Å². The Morgan fingerprint density at radius 2 is 1.61 bits per heavy atom. The number of anilines is 2. The summed E-state index contributed by atoms with van der Waals surface area (Å²) in [5, 5.41) is 5.61. The normalized spacial score (nSPS) is 10.5. The number of carbonyl (C=O) groups excluding carboxylic acids is 2. The van der Waals surface area contributed by atoms with Gasteiger partial charge >= 0.3 is 0 Å². The highest BCUT2D eigenvalue weighted by Crippen LogP contribution is 2.29. The van der Waals surface area contributed by atoms with E-state index in [1.54, 1.807) is 30.7 Å². The predicted octanol–water partition coefficient (Wildman–Crippen LogP) is 5.03. The number of nitrogens with zero attached hydrogens (tertiary/aromatic N) is 3. The molecular formula is C26H23N5O2. The van der Waals surface area contributed by atoms with Crippen LogP contribution in [-0.4, -0.2) is 26.8 Å². The smallest absolute Gasteiger partial charge is 0.255 e. The summed E-state index contributed by atoms with van der Waals surface area (Å²) in [5.41, 5.74) is 6.40. The van der Waals surface area contributed by atoms with Crippen molar-refractivity contribution in [2.75, 3.05) is 10.6 Å². The zero-order valence-corrected chi connectivity index (χ0v) is 18.6. The first-order chi connectivity index (χ1) is 15.9.